The van der Waals surface area contributed by atoms with E-state index < -0.39 is 0 Å². The summed E-state index contributed by atoms with van der Waals surface area (Å²) in [6.45, 7) is 6.79. The van der Waals surface area contributed by atoms with Crippen molar-refractivity contribution in [3.05, 3.63) is 65.9 Å². The number of rotatable bonds is 6. The minimum atomic E-state index is -0.133. The van der Waals surface area contributed by atoms with Crippen LogP contribution in [0.2, 0.25) is 0 Å². The number of nitrogens with zero attached hydrogens (tertiary/aromatic N) is 2. The van der Waals surface area contributed by atoms with Crippen LogP contribution >= 0.6 is 0 Å². The van der Waals surface area contributed by atoms with Crippen LogP contribution in [0.25, 0.3) is 16.9 Å². The van der Waals surface area contributed by atoms with Gasteiger partial charge in [-0.25, -0.2) is 4.68 Å². The number of aromatic nitrogens is 2. The zero-order valence-electron chi connectivity index (χ0n) is 16.2. The molecule has 3 rings (SSSR count). The van der Waals surface area contributed by atoms with Crippen molar-refractivity contribution in [3.8, 4) is 22.7 Å². The number of ether oxygens (including phenoxy) is 1. The van der Waals surface area contributed by atoms with Crippen LogP contribution in [0, 0.1) is 12.8 Å². The predicted molar refractivity (Wildman–Crippen MR) is 107 cm³/mol. The van der Waals surface area contributed by atoms with Gasteiger partial charge < -0.3 is 10.1 Å². The number of nitrogens with one attached hydrogen (secondary N) is 1. The third-order valence-electron chi connectivity index (χ3n) is 4.26. The van der Waals surface area contributed by atoms with Crippen molar-refractivity contribution in [2.45, 2.75) is 20.8 Å². The quantitative estimate of drug-likeness (QED) is 0.713. The SMILES string of the molecule is COc1cccc(-c2cc(C(=O)NCC(C)C)n(-c3ccc(C)cc3)n2)c1. The second kappa shape index (κ2) is 8.08. The Morgan fingerprint density at radius 3 is 2.56 bits per heavy atom. The monoisotopic (exact) mass is 363 g/mol. The standard InChI is InChI=1S/C22H25N3O2/c1-15(2)14-23-22(26)21-13-20(17-6-5-7-19(12-17)27-4)24-25(21)18-10-8-16(3)9-11-18/h5-13,15H,14H2,1-4H3,(H,23,26). The van der Waals surface area contributed by atoms with E-state index in [1.165, 1.54) is 0 Å². The van der Waals surface area contributed by atoms with Crippen molar-refractivity contribution in [1.29, 1.82) is 0 Å². The van der Waals surface area contributed by atoms with Gasteiger partial charge in [0.15, 0.2) is 0 Å². The van der Waals surface area contributed by atoms with Crippen LogP contribution in [-0.2, 0) is 0 Å². The summed E-state index contributed by atoms with van der Waals surface area (Å²) in [6, 6.07) is 17.5. The normalized spacial score (nSPS) is 10.9. The molecule has 0 bridgehead atoms. The summed E-state index contributed by atoms with van der Waals surface area (Å²) in [7, 11) is 1.63. The van der Waals surface area contributed by atoms with Gasteiger partial charge >= 0.3 is 0 Å². The molecule has 140 valence electrons. The van der Waals surface area contributed by atoms with Crippen LogP contribution in [0.3, 0.4) is 0 Å². The molecule has 0 aliphatic heterocycles. The fraction of sp³-hybridized carbons (Fsp3) is 0.273. The lowest BCUT2D eigenvalue weighted by molar-refractivity contribution is 0.0941. The molecule has 0 spiro atoms. The van der Waals surface area contributed by atoms with Gasteiger partial charge in [0.1, 0.15) is 11.4 Å². The highest BCUT2D eigenvalue weighted by molar-refractivity contribution is 5.94. The van der Waals surface area contributed by atoms with E-state index in [0.717, 1.165) is 28.3 Å². The van der Waals surface area contributed by atoms with Gasteiger partial charge in [0.05, 0.1) is 18.5 Å². The van der Waals surface area contributed by atoms with Gasteiger partial charge in [-0.3, -0.25) is 4.79 Å². The average Bonchev–Trinajstić information content (AvgIpc) is 3.12. The van der Waals surface area contributed by atoms with Gasteiger partial charge in [0.2, 0.25) is 0 Å². The smallest absolute Gasteiger partial charge is 0.270 e. The van der Waals surface area contributed by atoms with E-state index in [1.807, 2.05) is 61.5 Å². The molecular formula is C22H25N3O2. The number of carbonyl (C=O) groups excluding carboxylic acids is 1. The topological polar surface area (TPSA) is 56.1 Å². The highest BCUT2D eigenvalue weighted by atomic mass is 16.5. The van der Waals surface area contributed by atoms with Gasteiger partial charge in [0.25, 0.3) is 5.91 Å². The fourth-order valence-corrected chi connectivity index (χ4v) is 2.74. The molecule has 0 unspecified atom stereocenters. The van der Waals surface area contributed by atoms with E-state index in [9.17, 15) is 4.79 Å². The Morgan fingerprint density at radius 2 is 1.89 bits per heavy atom. The maximum atomic E-state index is 12.8. The number of methoxy groups -OCH3 is 1. The molecule has 0 saturated carbocycles. The molecule has 0 atom stereocenters. The highest BCUT2D eigenvalue weighted by Gasteiger charge is 2.18. The molecule has 0 aliphatic rings. The molecule has 2 aromatic carbocycles. The van der Waals surface area contributed by atoms with Gasteiger partial charge in [-0.1, -0.05) is 43.7 Å². The second-order valence-electron chi connectivity index (χ2n) is 7.00. The maximum Gasteiger partial charge on any atom is 0.270 e. The number of hydrogen-bond acceptors (Lipinski definition) is 3. The number of aryl methyl sites for hydroxylation is 1. The van der Waals surface area contributed by atoms with Crippen molar-refractivity contribution < 1.29 is 9.53 Å². The fourth-order valence-electron chi connectivity index (χ4n) is 2.74. The summed E-state index contributed by atoms with van der Waals surface area (Å²) in [5.74, 6) is 0.997. The van der Waals surface area contributed by atoms with Crippen LogP contribution in [0.15, 0.2) is 54.6 Å². The van der Waals surface area contributed by atoms with Crippen LogP contribution in [0.4, 0.5) is 0 Å². The third kappa shape index (κ3) is 4.37. The first kappa shape index (κ1) is 18.7. The first-order chi connectivity index (χ1) is 13.0. The van der Waals surface area contributed by atoms with Crippen LogP contribution < -0.4 is 10.1 Å². The zero-order chi connectivity index (χ0) is 19.4. The summed E-state index contributed by atoms with van der Waals surface area (Å²) in [4.78, 5) is 12.8. The molecule has 0 radical (unpaired) electrons. The van der Waals surface area contributed by atoms with Crippen LogP contribution in [0.1, 0.15) is 29.9 Å². The Bertz CT molecular complexity index is 927. The lowest BCUT2D eigenvalue weighted by atomic mass is 10.1. The molecule has 5 heteroatoms. The Labute approximate surface area is 160 Å². The van der Waals surface area contributed by atoms with Crippen molar-refractivity contribution in [1.82, 2.24) is 15.1 Å². The van der Waals surface area contributed by atoms with Gasteiger partial charge in [-0.05, 0) is 43.2 Å². The Kier molecular flexibility index (Phi) is 5.60. The number of amides is 1. The van der Waals surface area contributed by atoms with E-state index in [0.29, 0.717) is 18.2 Å². The van der Waals surface area contributed by atoms with Crippen molar-refractivity contribution >= 4 is 5.91 Å². The molecule has 0 fully saturated rings. The number of benzene rings is 2. The lowest BCUT2D eigenvalue weighted by Gasteiger charge is -2.10. The first-order valence-corrected chi connectivity index (χ1v) is 9.07. The first-order valence-electron chi connectivity index (χ1n) is 9.07. The molecule has 5 nitrogen and oxygen atoms in total. The van der Waals surface area contributed by atoms with Crippen molar-refractivity contribution in [2.75, 3.05) is 13.7 Å². The molecule has 1 aromatic heterocycles. The third-order valence-corrected chi connectivity index (χ3v) is 4.26. The van der Waals surface area contributed by atoms with Crippen LogP contribution in [0.5, 0.6) is 5.75 Å². The van der Waals surface area contributed by atoms with E-state index in [1.54, 1.807) is 11.8 Å². The van der Waals surface area contributed by atoms with Crippen LogP contribution in [-0.4, -0.2) is 29.3 Å². The van der Waals surface area contributed by atoms with E-state index >= 15 is 0 Å². The highest BCUT2D eigenvalue weighted by Crippen LogP contribution is 2.25. The Morgan fingerprint density at radius 1 is 1.15 bits per heavy atom. The molecule has 0 saturated heterocycles. The largest absolute Gasteiger partial charge is 0.497 e. The summed E-state index contributed by atoms with van der Waals surface area (Å²) in [6.07, 6.45) is 0. The van der Waals surface area contributed by atoms with Crippen molar-refractivity contribution in [3.63, 3.8) is 0 Å². The molecule has 3 aromatic rings. The second-order valence-corrected chi connectivity index (χ2v) is 7.00. The summed E-state index contributed by atoms with van der Waals surface area (Å²) >= 11 is 0. The molecule has 1 N–H and O–H groups in total. The zero-order valence-corrected chi connectivity index (χ0v) is 16.2. The minimum Gasteiger partial charge on any atom is -0.497 e. The van der Waals surface area contributed by atoms with Crippen molar-refractivity contribution in [2.24, 2.45) is 5.92 Å². The maximum absolute atomic E-state index is 12.8. The molecule has 0 aliphatic carbocycles. The minimum absolute atomic E-state index is 0.133. The summed E-state index contributed by atoms with van der Waals surface area (Å²) in [5, 5.41) is 7.69. The molecule has 1 heterocycles. The lowest BCUT2D eigenvalue weighted by Crippen LogP contribution is -2.29. The van der Waals surface area contributed by atoms with E-state index in [4.69, 9.17) is 9.84 Å². The average molecular weight is 363 g/mol. The summed E-state index contributed by atoms with van der Waals surface area (Å²) in [5.41, 5.74) is 4.15. The van der Waals surface area contributed by atoms with E-state index in [2.05, 4.69) is 19.2 Å². The molecule has 27 heavy (non-hydrogen) atoms. The van der Waals surface area contributed by atoms with Gasteiger partial charge in [-0.15, -0.1) is 0 Å². The van der Waals surface area contributed by atoms with E-state index in [-0.39, 0.29) is 5.91 Å². The predicted octanol–water partition coefficient (Wildman–Crippen LogP) is 4.24. The Hall–Kier alpha value is -3.08. The molecule has 1 amide bonds. The van der Waals surface area contributed by atoms with Gasteiger partial charge in [0, 0.05) is 12.1 Å². The number of hydrogen-bond donors (Lipinski definition) is 1. The Balaban J connectivity index is 2.05. The number of carbonyl (C=O) groups is 1. The molecular weight excluding hydrogens is 338 g/mol. The summed E-state index contributed by atoms with van der Waals surface area (Å²) < 4.78 is 7.01. The van der Waals surface area contributed by atoms with Gasteiger partial charge in [-0.2, -0.15) is 5.10 Å².